The van der Waals surface area contributed by atoms with Crippen molar-refractivity contribution >= 4 is 27.4 Å². The molecule has 1 aromatic heterocycles. The number of anilines is 1. The third kappa shape index (κ3) is 3.46. The van der Waals surface area contributed by atoms with Gasteiger partial charge in [0.15, 0.2) is 0 Å². The maximum absolute atomic E-state index is 13.8. The van der Waals surface area contributed by atoms with Crippen LogP contribution in [0.1, 0.15) is 6.42 Å². The molecule has 8 heteroatoms. The molecule has 0 saturated carbocycles. The normalized spacial score (nSPS) is 18.3. The van der Waals surface area contributed by atoms with E-state index in [0.717, 1.165) is 11.9 Å². The van der Waals surface area contributed by atoms with Gasteiger partial charge in [-0.15, -0.1) is 0 Å². The number of hydrogen-bond acceptors (Lipinski definition) is 4. The minimum atomic E-state index is -4.01. The summed E-state index contributed by atoms with van der Waals surface area (Å²) in [6, 6.07) is 9.04. The SMILES string of the molecule is O=S(=O)(N[C@H]1CCN(c2ccccn2)C1)c1c(F)cccc1Cl. The van der Waals surface area contributed by atoms with E-state index in [-0.39, 0.29) is 11.1 Å². The number of nitrogens with one attached hydrogen (secondary N) is 1. The predicted octanol–water partition coefficient (Wildman–Crippen LogP) is 2.43. The van der Waals surface area contributed by atoms with Crippen molar-refractivity contribution in [2.75, 3.05) is 18.0 Å². The van der Waals surface area contributed by atoms with Gasteiger partial charge < -0.3 is 4.90 Å². The number of nitrogens with zero attached hydrogens (tertiary/aromatic N) is 2. The molecule has 1 fully saturated rings. The maximum atomic E-state index is 13.8. The third-order valence-corrected chi connectivity index (χ3v) is 5.69. The first kappa shape index (κ1) is 16.2. The minimum absolute atomic E-state index is 0.128. The molecule has 1 saturated heterocycles. The van der Waals surface area contributed by atoms with Crippen molar-refractivity contribution in [1.82, 2.24) is 9.71 Å². The van der Waals surface area contributed by atoms with Crippen LogP contribution in [0.2, 0.25) is 5.02 Å². The molecule has 0 spiro atoms. The Labute approximate surface area is 139 Å². The fourth-order valence-electron chi connectivity index (χ4n) is 2.62. The molecule has 23 heavy (non-hydrogen) atoms. The number of pyridine rings is 1. The van der Waals surface area contributed by atoms with Crippen molar-refractivity contribution in [3.8, 4) is 0 Å². The highest BCUT2D eigenvalue weighted by Crippen LogP contribution is 2.25. The molecule has 0 unspecified atom stereocenters. The van der Waals surface area contributed by atoms with Gasteiger partial charge in [0.2, 0.25) is 10.0 Å². The first-order valence-corrected chi connectivity index (χ1v) is 8.96. The van der Waals surface area contributed by atoms with Crippen molar-refractivity contribution in [2.24, 2.45) is 0 Å². The molecule has 0 amide bonds. The molecule has 1 aromatic carbocycles. The van der Waals surface area contributed by atoms with E-state index in [1.54, 1.807) is 6.20 Å². The highest BCUT2D eigenvalue weighted by Gasteiger charge is 2.30. The summed E-state index contributed by atoms with van der Waals surface area (Å²) in [6.07, 6.45) is 2.30. The summed E-state index contributed by atoms with van der Waals surface area (Å²) in [4.78, 5) is 5.73. The van der Waals surface area contributed by atoms with Crippen LogP contribution < -0.4 is 9.62 Å². The Bertz CT molecular complexity index is 781. The standard InChI is InChI=1S/C15H15ClFN3O2S/c16-12-4-3-5-13(17)15(12)23(21,22)19-11-7-9-20(10-11)14-6-1-2-8-18-14/h1-6,8,11,19H,7,9-10H2/t11-/m0/s1. The van der Waals surface area contributed by atoms with Gasteiger partial charge in [-0.3, -0.25) is 0 Å². The van der Waals surface area contributed by atoms with E-state index in [1.807, 2.05) is 23.1 Å². The average molecular weight is 356 g/mol. The zero-order valence-corrected chi connectivity index (χ0v) is 13.7. The largest absolute Gasteiger partial charge is 0.355 e. The average Bonchev–Trinajstić information content (AvgIpc) is 2.95. The lowest BCUT2D eigenvalue weighted by Crippen LogP contribution is -2.37. The topological polar surface area (TPSA) is 62.3 Å². The zero-order chi connectivity index (χ0) is 16.4. The van der Waals surface area contributed by atoms with E-state index >= 15 is 0 Å². The van der Waals surface area contributed by atoms with Gasteiger partial charge in [0.05, 0.1) is 5.02 Å². The van der Waals surface area contributed by atoms with Crippen LogP contribution in [-0.2, 0) is 10.0 Å². The monoisotopic (exact) mass is 355 g/mol. The van der Waals surface area contributed by atoms with Gasteiger partial charge in [-0.1, -0.05) is 23.7 Å². The Morgan fingerprint density at radius 2 is 2.09 bits per heavy atom. The molecule has 5 nitrogen and oxygen atoms in total. The molecule has 1 atom stereocenters. The summed E-state index contributed by atoms with van der Waals surface area (Å²) in [6.45, 7) is 1.15. The lowest BCUT2D eigenvalue weighted by Gasteiger charge is -2.18. The van der Waals surface area contributed by atoms with Gasteiger partial charge >= 0.3 is 0 Å². The van der Waals surface area contributed by atoms with Crippen LogP contribution in [-0.4, -0.2) is 32.5 Å². The van der Waals surface area contributed by atoms with Crippen LogP contribution in [0.15, 0.2) is 47.5 Å². The van der Waals surface area contributed by atoms with Crippen LogP contribution >= 0.6 is 11.6 Å². The molecule has 2 heterocycles. The zero-order valence-electron chi connectivity index (χ0n) is 12.1. The third-order valence-electron chi connectivity index (χ3n) is 3.67. The smallest absolute Gasteiger partial charge is 0.245 e. The second-order valence-electron chi connectivity index (χ2n) is 5.29. The fraction of sp³-hybridized carbons (Fsp3) is 0.267. The molecule has 1 aliphatic rings. The summed E-state index contributed by atoms with van der Waals surface area (Å²) in [5, 5.41) is -0.128. The molecular formula is C15H15ClFN3O2S. The highest BCUT2D eigenvalue weighted by molar-refractivity contribution is 7.89. The highest BCUT2D eigenvalue weighted by atomic mass is 35.5. The van der Waals surface area contributed by atoms with Crippen LogP contribution in [0.4, 0.5) is 10.2 Å². The molecule has 1 N–H and O–H groups in total. The van der Waals surface area contributed by atoms with Gasteiger partial charge in [-0.25, -0.2) is 22.5 Å². The Kier molecular flexibility index (Phi) is 4.52. The summed E-state index contributed by atoms with van der Waals surface area (Å²) in [7, 11) is -4.01. The molecule has 2 aromatic rings. The van der Waals surface area contributed by atoms with Crippen molar-refractivity contribution < 1.29 is 12.8 Å². The number of aromatic nitrogens is 1. The number of hydrogen-bond donors (Lipinski definition) is 1. The molecular weight excluding hydrogens is 341 g/mol. The molecule has 0 aliphatic carbocycles. The van der Waals surface area contributed by atoms with E-state index in [4.69, 9.17) is 11.6 Å². The van der Waals surface area contributed by atoms with E-state index in [0.29, 0.717) is 19.5 Å². The summed E-state index contributed by atoms with van der Waals surface area (Å²) in [5.41, 5.74) is 0. The van der Waals surface area contributed by atoms with Crippen molar-refractivity contribution in [1.29, 1.82) is 0 Å². The summed E-state index contributed by atoms with van der Waals surface area (Å²) in [5.74, 6) is -0.0669. The van der Waals surface area contributed by atoms with Gasteiger partial charge in [0.1, 0.15) is 16.5 Å². The fourth-order valence-corrected chi connectivity index (χ4v) is 4.49. The van der Waals surface area contributed by atoms with Gasteiger partial charge in [-0.05, 0) is 30.7 Å². The van der Waals surface area contributed by atoms with E-state index in [1.165, 1.54) is 12.1 Å². The minimum Gasteiger partial charge on any atom is -0.355 e. The number of benzene rings is 1. The van der Waals surface area contributed by atoms with Crippen LogP contribution in [0, 0.1) is 5.82 Å². The van der Waals surface area contributed by atoms with Gasteiger partial charge in [0.25, 0.3) is 0 Å². The number of halogens is 2. The van der Waals surface area contributed by atoms with E-state index in [9.17, 15) is 12.8 Å². The molecule has 122 valence electrons. The number of sulfonamides is 1. The lowest BCUT2D eigenvalue weighted by atomic mass is 10.3. The second kappa shape index (κ2) is 6.43. The van der Waals surface area contributed by atoms with Crippen molar-refractivity contribution in [3.63, 3.8) is 0 Å². The van der Waals surface area contributed by atoms with E-state index < -0.39 is 20.7 Å². The van der Waals surface area contributed by atoms with Gasteiger partial charge in [-0.2, -0.15) is 0 Å². The summed E-state index contributed by atoms with van der Waals surface area (Å²) >= 11 is 5.84. The first-order chi connectivity index (χ1) is 11.0. The quantitative estimate of drug-likeness (QED) is 0.915. The van der Waals surface area contributed by atoms with Crippen molar-refractivity contribution in [2.45, 2.75) is 17.4 Å². The molecule has 0 radical (unpaired) electrons. The van der Waals surface area contributed by atoms with Gasteiger partial charge in [0, 0.05) is 25.3 Å². The van der Waals surface area contributed by atoms with Crippen LogP contribution in [0.5, 0.6) is 0 Å². The maximum Gasteiger partial charge on any atom is 0.245 e. The van der Waals surface area contributed by atoms with Crippen molar-refractivity contribution in [3.05, 3.63) is 53.4 Å². The second-order valence-corrected chi connectivity index (χ2v) is 7.35. The Morgan fingerprint density at radius 3 is 2.78 bits per heavy atom. The first-order valence-electron chi connectivity index (χ1n) is 7.10. The molecule has 0 bridgehead atoms. The Morgan fingerprint density at radius 1 is 1.26 bits per heavy atom. The van der Waals surface area contributed by atoms with E-state index in [2.05, 4.69) is 9.71 Å². The van der Waals surface area contributed by atoms with Crippen LogP contribution in [0.25, 0.3) is 0 Å². The lowest BCUT2D eigenvalue weighted by molar-refractivity contribution is 0.543. The van der Waals surface area contributed by atoms with Crippen LogP contribution in [0.3, 0.4) is 0 Å². The predicted molar refractivity (Wildman–Crippen MR) is 86.6 cm³/mol. The number of rotatable bonds is 4. The Hall–Kier alpha value is -1.70. The summed E-state index contributed by atoms with van der Waals surface area (Å²) < 4.78 is 41.2. The molecule has 3 rings (SSSR count). The molecule has 1 aliphatic heterocycles. The Balaban J connectivity index is 1.75.